The van der Waals surface area contributed by atoms with E-state index in [1.807, 2.05) is 6.07 Å². The Morgan fingerprint density at radius 3 is 2.68 bits per heavy atom. The maximum atomic E-state index is 5.74. The monoisotopic (exact) mass is 335 g/mol. The fraction of sp³-hybridized carbons (Fsp3) is 0.300. The number of hydrogen-bond donors (Lipinski definition) is 0. The van der Waals surface area contributed by atoms with Crippen LogP contribution in [-0.4, -0.2) is 25.5 Å². The fourth-order valence-electron chi connectivity index (χ4n) is 4.46. The van der Waals surface area contributed by atoms with E-state index >= 15 is 0 Å². The minimum absolute atomic E-state index is 0.228. The average molecular weight is 335 g/mol. The maximum absolute atomic E-state index is 5.74. The zero-order valence-corrected chi connectivity index (χ0v) is 13.9. The summed E-state index contributed by atoms with van der Waals surface area (Å²) in [7, 11) is 2.16. The Morgan fingerprint density at radius 2 is 1.76 bits per heavy atom. The molecule has 0 fully saturated rings. The molecule has 1 aliphatic carbocycles. The Morgan fingerprint density at radius 1 is 0.960 bits per heavy atom. The van der Waals surface area contributed by atoms with Gasteiger partial charge in [-0.1, -0.05) is 12.1 Å². The minimum Gasteiger partial charge on any atom is -0.454 e. The first kappa shape index (κ1) is 13.6. The summed E-state index contributed by atoms with van der Waals surface area (Å²) in [5.41, 5.74) is 6.47. The van der Waals surface area contributed by atoms with Crippen molar-refractivity contribution < 1.29 is 18.9 Å². The molecule has 1 atom stereocenters. The van der Waals surface area contributed by atoms with E-state index in [0.29, 0.717) is 13.6 Å². The fourth-order valence-corrected chi connectivity index (χ4v) is 4.46. The highest BCUT2D eigenvalue weighted by atomic mass is 16.7. The summed E-state index contributed by atoms with van der Waals surface area (Å²) in [4.78, 5) is 2.37. The van der Waals surface area contributed by atoms with Gasteiger partial charge in [-0.15, -0.1) is 0 Å². The van der Waals surface area contributed by atoms with Gasteiger partial charge in [-0.2, -0.15) is 0 Å². The molecule has 0 unspecified atom stereocenters. The lowest BCUT2D eigenvalue weighted by molar-refractivity contribution is 0.171. The number of nitrogens with zero attached hydrogens (tertiary/aromatic N) is 1. The topological polar surface area (TPSA) is 40.2 Å². The standard InChI is InChI=1S/C20H17NO4/c1-21-8-15-12(4-5-16-20(15)25-10-22-16)13-3-2-11-6-17-18(24-9-23-17)7-14(11)19(13)21/h3-7,19H,2,8-10H2,1H3/t19-/m0/s1. The van der Waals surface area contributed by atoms with Gasteiger partial charge >= 0.3 is 0 Å². The van der Waals surface area contributed by atoms with E-state index in [1.165, 1.54) is 27.8 Å². The van der Waals surface area contributed by atoms with E-state index in [0.717, 1.165) is 36.0 Å². The third kappa shape index (κ3) is 1.76. The molecule has 126 valence electrons. The predicted molar refractivity (Wildman–Crippen MR) is 91.0 cm³/mol. The van der Waals surface area contributed by atoms with Crippen molar-refractivity contribution in [2.45, 2.75) is 19.0 Å². The summed E-state index contributed by atoms with van der Waals surface area (Å²) in [6.07, 6.45) is 3.24. The van der Waals surface area contributed by atoms with Crippen LogP contribution in [0.4, 0.5) is 0 Å². The minimum atomic E-state index is 0.228. The average Bonchev–Trinajstić information content (AvgIpc) is 3.28. The van der Waals surface area contributed by atoms with Crippen molar-refractivity contribution in [3.8, 4) is 23.0 Å². The number of benzene rings is 2. The third-order valence-corrected chi connectivity index (χ3v) is 5.57. The molecule has 0 spiro atoms. The van der Waals surface area contributed by atoms with Crippen LogP contribution in [0.1, 0.15) is 28.3 Å². The molecule has 6 rings (SSSR count). The lowest BCUT2D eigenvalue weighted by atomic mass is 9.78. The Labute approximate surface area is 145 Å². The molecular weight excluding hydrogens is 318 g/mol. The Bertz CT molecular complexity index is 949. The highest BCUT2D eigenvalue weighted by Crippen LogP contribution is 2.51. The van der Waals surface area contributed by atoms with Crippen LogP contribution in [0.15, 0.2) is 30.3 Å². The lowest BCUT2D eigenvalue weighted by Gasteiger charge is -2.40. The smallest absolute Gasteiger partial charge is 0.231 e. The molecule has 0 bridgehead atoms. The Kier molecular flexibility index (Phi) is 2.56. The first-order valence-electron chi connectivity index (χ1n) is 8.54. The SMILES string of the molecule is CN1Cc2c(ccc3c2OCO3)C2=CCc3cc4c(cc3[C@H]21)OCO4. The van der Waals surface area contributed by atoms with Gasteiger partial charge in [0.05, 0.1) is 6.04 Å². The number of hydrogen-bond acceptors (Lipinski definition) is 5. The molecule has 25 heavy (non-hydrogen) atoms. The molecule has 3 aliphatic heterocycles. The van der Waals surface area contributed by atoms with E-state index in [2.05, 4.69) is 36.2 Å². The maximum Gasteiger partial charge on any atom is 0.231 e. The number of rotatable bonds is 0. The second kappa shape index (κ2) is 4.70. The van der Waals surface area contributed by atoms with Crippen LogP contribution in [-0.2, 0) is 13.0 Å². The van der Waals surface area contributed by atoms with Crippen LogP contribution in [0, 0.1) is 0 Å². The molecule has 2 aromatic rings. The molecule has 5 heteroatoms. The molecule has 0 amide bonds. The molecule has 4 aliphatic rings. The van der Waals surface area contributed by atoms with Gasteiger partial charge in [0, 0.05) is 12.1 Å². The van der Waals surface area contributed by atoms with Gasteiger partial charge in [-0.05, 0) is 53.9 Å². The molecule has 0 aromatic heterocycles. The van der Waals surface area contributed by atoms with E-state index in [1.54, 1.807) is 0 Å². The van der Waals surface area contributed by atoms with E-state index in [4.69, 9.17) is 18.9 Å². The van der Waals surface area contributed by atoms with Crippen LogP contribution in [0.3, 0.4) is 0 Å². The summed E-state index contributed by atoms with van der Waals surface area (Å²) in [6, 6.07) is 8.72. The van der Waals surface area contributed by atoms with Crippen LogP contribution in [0.2, 0.25) is 0 Å². The van der Waals surface area contributed by atoms with Crippen molar-refractivity contribution in [2.24, 2.45) is 0 Å². The highest BCUT2D eigenvalue weighted by molar-refractivity contribution is 5.80. The first-order chi connectivity index (χ1) is 12.3. The predicted octanol–water partition coefficient (Wildman–Crippen LogP) is 3.27. The second-order valence-electron chi connectivity index (χ2n) is 6.91. The normalized spacial score (nSPS) is 22.1. The molecule has 0 N–H and O–H groups in total. The molecule has 5 nitrogen and oxygen atoms in total. The molecular formula is C20H17NO4. The highest BCUT2D eigenvalue weighted by Gasteiger charge is 2.37. The molecule has 3 heterocycles. The summed E-state index contributed by atoms with van der Waals surface area (Å²) >= 11 is 0. The van der Waals surface area contributed by atoms with Crippen molar-refractivity contribution >= 4 is 5.57 Å². The Hall–Kier alpha value is -2.66. The van der Waals surface area contributed by atoms with Crippen molar-refractivity contribution in [1.82, 2.24) is 4.90 Å². The third-order valence-electron chi connectivity index (χ3n) is 5.57. The van der Waals surface area contributed by atoms with E-state index in [-0.39, 0.29) is 6.04 Å². The molecule has 0 radical (unpaired) electrons. The summed E-state index contributed by atoms with van der Waals surface area (Å²) in [5.74, 6) is 3.47. The van der Waals surface area contributed by atoms with Gasteiger partial charge in [0.2, 0.25) is 13.6 Å². The molecule has 2 aromatic carbocycles. The molecule has 0 saturated carbocycles. The van der Waals surface area contributed by atoms with Gasteiger partial charge in [0.15, 0.2) is 23.0 Å². The van der Waals surface area contributed by atoms with E-state index < -0.39 is 0 Å². The second-order valence-corrected chi connectivity index (χ2v) is 6.91. The largest absolute Gasteiger partial charge is 0.454 e. The summed E-state index contributed by atoms with van der Waals surface area (Å²) < 4.78 is 22.5. The van der Waals surface area contributed by atoms with Crippen molar-refractivity contribution in [3.05, 3.63) is 52.6 Å². The summed E-state index contributed by atoms with van der Waals surface area (Å²) in [5, 5.41) is 0. The first-order valence-corrected chi connectivity index (χ1v) is 8.54. The van der Waals surface area contributed by atoms with Crippen LogP contribution >= 0.6 is 0 Å². The zero-order valence-electron chi connectivity index (χ0n) is 13.9. The van der Waals surface area contributed by atoms with Crippen LogP contribution < -0.4 is 18.9 Å². The van der Waals surface area contributed by atoms with Gasteiger partial charge in [-0.3, -0.25) is 4.90 Å². The zero-order chi connectivity index (χ0) is 16.5. The van der Waals surface area contributed by atoms with Crippen LogP contribution in [0.5, 0.6) is 23.0 Å². The van der Waals surface area contributed by atoms with Crippen molar-refractivity contribution in [3.63, 3.8) is 0 Å². The Balaban J connectivity index is 1.53. The van der Waals surface area contributed by atoms with Gasteiger partial charge < -0.3 is 18.9 Å². The van der Waals surface area contributed by atoms with Crippen molar-refractivity contribution in [1.29, 1.82) is 0 Å². The van der Waals surface area contributed by atoms with Gasteiger partial charge in [-0.25, -0.2) is 0 Å². The van der Waals surface area contributed by atoms with Crippen molar-refractivity contribution in [2.75, 3.05) is 20.6 Å². The number of likely N-dealkylation sites (N-methyl/N-ethyl adjacent to an activating group) is 1. The van der Waals surface area contributed by atoms with Gasteiger partial charge in [0.25, 0.3) is 0 Å². The van der Waals surface area contributed by atoms with Crippen LogP contribution in [0.25, 0.3) is 5.57 Å². The number of fused-ring (bicyclic) bond motifs is 8. The van der Waals surface area contributed by atoms with Gasteiger partial charge in [0.1, 0.15) is 0 Å². The quantitative estimate of drug-likeness (QED) is 0.739. The molecule has 0 saturated heterocycles. The lowest BCUT2D eigenvalue weighted by Crippen LogP contribution is -2.32. The number of allylic oxidation sites excluding steroid dienone is 1. The van der Waals surface area contributed by atoms with E-state index in [9.17, 15) is 0 Å². The summed E-state index contributed by atoms with van der Waals surface area (Å²) in [6.45, 7) is 1.45. The number of ether oxygens (including phenoxy) is 4.